The normalized spacial score (nSPS) is 13.4. The van der Waals surface area contributed by atoms with Crippen LogP contribution < -0.4 is 4.90 Å². The second-order valence-electron chi connectivity index (χ2n) is 13.7. The van der Waals surface area contributed by atoms with Crippen LogP contribution in [0.2, 0.25) is 0 Å². The molecule has 10 aromatic rings. The molecule has 248 valence electrons. The van der Waals surface area contributed by atoms with E-state index in [1.807, 2.05) is 6.07 Å². The molecule has 0 fully saturated rings. The van der Waals surface area contributed by atoms with Crippen LogP contribution in [0.15, 0.2) is 192 Å². The van der Waals surface area contributed by atoms with Gasteiger partial charge in [-0.05, 0) is 69.4 Å². The van der Waals surface area contributed by atoms with Crippen LogP contribution in [0.3, 0.4) is 0 Å². The zero-order valence-electron chi connectivity index (χ0n) is 28.6. The average molecular weight is 678 g/mol. The summed E-state index contributed by atoms with van der Waals surface area (Å²) in [5, 5.41) is 5.31. The minimum Gasteiger partial charge on any atom is -0.456 e. The van der Waals surface area contributed by atoms with Gasteiger partial charge in [-0.1, -0.05) is 152 Å². The fraction of sp³-hybridized carbons (Fsp3) is 0.0204. The van der Waals surface area contributed by atoms with Gasteiger partial charge in [0.05, 0.1) is 33.4 Å². The van der Waals surface area contributed by atoms with Gasteiger partial charge >= 0.3 is 0 Å². The fourth-order valence-corrected chi connectivity index (χ4v) is 8.67. The van der Waals surface area contributed by atoms with Crippen molar-refractivity contribution >= 4 is 60.9 Å². The van der Waals surface area contributed by atoms with Gasteiger partial charge in [-0.2, -0.15) is 0 Å². The van der Waals surface area contributed by atoms with Crippen LogP contribution >= 0.6 is 0 Å². The smallest absolute Gasteiger partial charge is 0.235 e. The summed E-state index contributed by atoms with van der Waals surface area (Å²) >= 11 is 0. The van der Waals surface area contributed by atoms with Crippen LogP contribution in [-0.4, -0.2) is 9.97 Å². The molecule has 0 radical (unpaired) electrons. The summed E-state index contributed by atoms with van der Waals surface area (Å²) in [6, 6.07) is 66.7. The number of anilines is 3. The Balaban J connectivity index is 1.26. The van der Waals surface area contributed by atoms with Crippen molar-refractivity contribution in [2.75, 3.05) is 4.90 Å². The molecule has 2 aromatic heterocycles. The van der Waals surface area contributed by atoms with Gasteiger partial charge in [0.15, 0.2) is 0 Å². The van der Waals surface area contributed by atoms with Crippen LogP contribution in [0.1, 0.15) is 22.3 Å². The third-order valence-electron chi connectivity index (χ3n) is 10.9. The SMILES string of the molecule is c1ccc(-c2nc(N3c4ccccc4C(c4ccccc4)(c4ccccc4)c4ccccc43)nc3c2ccc2oc4cc5ccccc5cc4c23)cc1. The van der Waals surface area contributed by atoms with Crippen LogP contribution in [-0.2, 0) is 5.41 Å². The van der Waals surface area contributed by atoms with E-state index in [2.05, 4.69) is 187 Å². The van der Waals surface area contributed by atoms with E-state index in [0.29, 0.717) is 5.95 Å². The minimum atomic E-state index is -0.583. The van der Waals surface area contributed by atoms with Gasteiger partial charge in [-0.25, -0.2) is 9.97 Å². The third kappa shape index (κ3) is 4.30. The van der Waals surface area contributed by atoms with E-state index in [1.54, 1.807) is 0 Å². The minimum absolute atomic E-state index is 0.583. The van der Waals surface area contributed by atoms with E-state index < -0.39 is 5.41 Å². The molecule has 4 nitrogen and oxygen atoms in total. The maximum absolute atomic E-state index is 6.56. The summed E-state index contributed by atoms with van der Waals surface area (Å²) < 4.78 is 6.56. The highest BCUT2D eigenvalue weighted by Gasteiger charge is 2.46. The number of rotatable bonds is 4. The van der Waals surface area contributed by atoms with Crippen molar-refractivity contribution in [1.82, 2.24) is 9.97 Å². The number of nitrogens with zero attached hydrogens (tertiary/aromatic N) is 3. The molecular weight excluding hydrogens is 647 g/mol. The number of hydrogen-bond acceptors (Lipinski definition) is 4. The Labute approximate surface area is 306 Å². The van der Waals surface area contributed by atoms with E-state index >= 15 is 0 Å². The molecule has 0 amide bonds. The van der Waals surface area contributed by atoms with Gasteiger partial charge in [0.1, 0.15) is 11.2 Å². The Morgan fingerprint density at radius 1 is 0.453 bits per heavy atom. The average Bonchev–Trinajstić information content (AvgIpc) is 3.60. The lowest BCUT2D eigenvalue weighted by Crippen LogP contribution is -2.38. The first-order chi connectivity index (χ1) is 26.3. The van der Waals surface area contributed by atoms with Crippen molar-refractivity contribution < 1.29 is 4.42 Å². The van der Waals surface area contributed by atoms with Crippen molar-refractivity contribution in [3.05, 3.63) is 210 Å². The maximum atomic E-state index is 6.56. The van der Waals surface area contributed by atoms with E-state index in [4.69, 9.17) is 14.4 Å². The van der Waals surface area contributed by atoms with Crippen LogP contribution in [0.25, 0.3) is 54.9 Å². The van der Waals surface area contributed by atoms with Crippen LogP contribution in [0.4, 0.5) is 17.3 Å². The first kappa shape index (κ1) is 29.7. The monoisotopic (exact) mass is 677 g/mol. The topological polar surface area (TPSA) is 42.2 Å². The summed E-state index contributed by atoms with van der Waals surface area (Å²) in [5.74, 6) is 0.605. The van der Waals surface area contributed by atoms with Crippen LogP contribution in [0, 0.1) is 0 Å². The molecule has 0 bridgehead atoms. The molecule has 0 saturated heterocycles. The molecule has 0 unspecified atom stereocenters. The first-order valence-corrected chi connectivity index (χ1v) is 18.0. The van der Waals surface area contributed by atoms with Gasteiger partial charge < -0.3 is 4.42 Å². The number of fused-ring (bicyclic) bond motifs is 8. The van der Waals surface area contributed by atoms with Gasteiger partial charge in [0, 0.05) is 16.3 Å². The molecule has 4 heteroatoms. The Kier molecular flexibility index (Phi) is 6.43. The Bertz CT molecular complexity index is 2920. The number of furan rings is 1. The van der Waals surface area contributed by atoms with E-state index in [1.165, 1.54) is 22.3 Å². The van der Waals surface area contributed by atoms with E-state index in [0.717, 1.165) is 66.2 Å². The van der Waals surface area contributed by atoms with E-state index in [9.17, 15) is 0 Å². The number of benzene rings is 8. The fourth-order valence-electron chi connectivity index (χ4n) is 8.67. The molecule has 0 saturated carbocycles. The zero-order valence-corrected chi connectivity index (χ0v) is 28.6. The molecule has 1 aliphatic heterocycles. The summed E-state index contributed by atoms with van der Waals surface area (Å²) in [7, 11) is 0. The number of hydrogen-bond donors (Lipinski definition) is 0. The van der Waals surface area contributed by atoms with Gasteiger partial charge in [-0.15, -0.1) is 0 Å². The molecule has 1 aliphatic rings. The van der Waals surface area contributed by atoms with Crippen LogP contribution in [0.5, 0.6) is 0 Å². The summed E-state index contributed by atoms with van der Waals surface area (Å²) in [5.41, 5.74) is 10.6. The molecule has 0 atom stereocenters. The second-order valence-corrected chi connectivity index (χ2v) is 13.7. The van der Waals surface area contributed by atoms with E-state index in [-0.39, 0.29) is 0 Å². The van der Waals surface area contributed by atoms with Crippen molar-refractivity contribution in [3.63, 3.8) is 0 Å². The molecule has 8 aromatic carbocycles. The lowest BCUT2D eigenvalue weighted by atomic mass is 9.62. The quantitative estimate of drug-likeness (QED) is 0.186. The molecule has 0 aliphatic carbocycles. The number of aromatic nitrogens is 2. The van der Waals surface area contributed by atoms with Gasteiger partial charge in [0.2, 0.25) is 5.95 Å². The molecule has 0 N–H and O–H groups in total. The number of para-hydroxylation sites is 2. The summed E-state index contributed by atoms with van der Waals surface area (Å²) in [6.45, 7) is 0. The Morgan fingerprint density at radius 3 is 1.64 bits per heavy atom. The molecule has 11 rings (SSSR count). The lowest BCUT2D eigenvalue weighted by Gasteiger charge is -2.45. The van der Waals surface area contributed by atoms with Crippen molar-refractivity contribution in [2.24, 2.45) is 0 Å². The standard InChI is InChI=1S/C49H31N3O/c1-4-16-32(17-5-1)46-37-28-29-43-45(38-30-33-18-10-11-19-34(33)31-44(38)53-43)47(37)51-48(50-46)52-41-26-14-12-24-39(41)49(35-20-6-2-7-21-35,36-22-8-3-9-23-36)40-25-13-15-27-42(40)52/h1-31H. The van der Waals surface area contributed by atoms with Crippen molar-refractivity contribution in [3.8, 4) is 11.3 Å². The van der Waals surface area contributed by atoms with Gasteiger partial charge in [-0.3, -0.25) is 4.90 Å². The summed E-state index contributed by atoms with van der Waals surface area (Å²) in [6.07, 6.45) is 0. The van der Waals surface area contributed by atoms with Gasteiger partial charge in [0.25, 0.3) is 0 Å². The predicted molar refractivity (Wildman–Crippen MR) is 216 cm³/mol. The largest absolute Gasteiger partial charge is 0.456 e. The molecule has 53 heavy (non-hydrogen) atoms. The third-order valence-corrected chi connectivity index (χ3v) is 10.9. The van der Waals surface area contributed by atoms with Crippen molar-refractivity contribution in [2.45, 2.75) is 5.41 Å². The maximum Gasteiger partial charge on any atom is 0.235 e. The second kappa shape index (κ2) is 11.5. The highest BCUT2D eigenvalue weighted by atomic mass is 16.3. The molecule has 0 spiro atoms. The predicted octanol–water partition coefficient (Wildman–Crippen LogP) is 12.5. The zero-order chi connectivity index (χ0) is 34.9. The summed E-state index contributed by atoms with van der Waals surface area (Å²) in [4.78, 5) is 13.3. The Morgan fingerprint density at radius 2 is 1.00 bits per heavy atom. The highest BCUT2D eigenvalue weighted by molar-refractivity contribution is 6.21. The lowest BCUT2D eigenvalue weighted by molar-refractivity contribution is 0.669. The van der Waals surface area contributed by atoms with Crippen molar-refractivity contribution in [1.29, 1.82) is 0 Å². The first-order valence-electron chi connectivity index (χ1n) is 18.0. The molecule has 3 heterocycles. The highest BCUT2D eigenvalue weighted by Crippen LogP contribution is 2.57. The Hall–Kier alpha value is -7.04. The molecular formula is C49H31N3O.